The second-order valence-corrected chi connectivity index (χ2v) is 4.65. The minimum absolute atomic E-state index is 0.0499. The molecule has 1 aliphatic rings. The van der Waals surface area contributed by atoms with E-state index in [2.05, 4.69) is 6.92 Å². The Morgan fingerprint density at radius 3 is 2.60 bits per heavy atom. The van der Waals surface area contributed by atoms with Gasteiger partial charge in [0.05, 0.1) is 5.60 Å². The van der Waals surface area contributed by atoms with Gasteiger partial charge in [-0.2, -0.15) is 0 Å². The summed E-state index contributed by atoms with van der Waals surface area (Å²) in [5, 5.41) is 0. The van der Waals surface area contributed by atoms with E-state index in [1.54, 1.807) is 0 Å². The zero-order valence-corrected chi connectivity index (χ0v) is 9.96. The summed E-state index contributed by atoms with van der Waals surface area (Å²) in [4.78, 5) is 10.5. The molecule has 0 aromatic rings. The molecule has 0 heterocycles. The molecule has 2 nitrogen and oxygen atoms in total. The number of hydrogen-bond donors (Lipinski definition) is 0. The largest absolute Gasteiger partial charge is 0.375 e. The third-order valence-corrected chi connectivity index (χ3v) is 3.39. The molecule has 0 aliphatic heterocycles. The molecule has 0 radical (unpaired) electrons. The second-order valence-electron chi connectivity index (χ2n) is 4.65. The maximum absolute atomic E-state index is 10.5. The van der Waals surface area contributed by atoms with Gasteiger partial charge in [-0.3, -0.25) is 0 Å². The summed E-state index contributed by atoms with van der Waals surface area (Å²) in [6.07, 6.45) is 11.1. The summed E-state index contributed by atoms with van der Waals surface area (Å²) in [5.41, 5.74) is 0.0499. The van der Waals surface area contributed by atoms with Gasteiger partial charge in [-0.05, 0) is 25.7 Å². The molecular weight excluding hydrogens is 188 g/mol. The highest BCUT2D eigenvalue weighted by molar-refractivity contribution is 5.49. The number of rotatable bonds is 7. The predicted molar refractivity (Wildman–Crippen MR) is 62.0 cm³/mol. The van der Waals surface area contributed by atoms with Gasteiger partial charge in [-0.15, -0.1) is 0 Å². The van der Waals surface area contributed by atoms with Crippen LogP contribution in [0.1, 0.15) is 64.7 Å². The van der Waals surface area contributed by atoms with Crippen LogP contribution in [0.25, 0.3) is 0 Å². The van der Waals surface area contributed by atoms with E-state index in [0.29, 0.717) is 6.42 Å². The quantitative estimate of drug-likeness (QED) is 0.477. The average Bonchev–Trinajstić information content (AvgIpc) is 2.28. The van der Waals surface area contributed by atoms with E-state index in [1.807, 2.05) is 0 Å². The molecular formula is C13H24O2. The Morgan fingerprint density at radius 1 is 1.27 bits per heavy atom. The number of carbonyl (C=O) groups excluding carboxylic acids is 1. The van der Waals surface area contributed by atoms with Crippen molar-refractivity contribution in [3.05, 3.63) is 0 Å². The molecule has 1 fully saturated rings. The van der Waals surface area contributed by atoms with E-state index in [-0.39, 0.29) is 5.60 Å². The van der Waals surface area contributed by atoms with Crippen LogP contribution in [0.5, 0.6) is 0 Å². The van der Waals surface area contributed by atoms with Gasteiger partial charge in [0.15, 0.2) is 0 Å². The molecule has 1 aliphatic carbocycles. The minimum atomic E-state index is 0.0499. The lowest BCUT2D eigenvalue weighted by molar-refractivity contribution is -0.112. The van der Waals surface area contributed by atoms with Crippen LogP contribution < -0.4 is 0 Å². The Morgan fingerprint density at radius 2 is 2.00 bits per heavy atom. The fourth-order valence-corrected chi connectivity index (χ4v) is 2.42. The smallest absolute Gasteiger partial charge is 0.120 e. The van der Waals surface area contributed by atoms with Crippen LogP contribution in [0.3, 0.4) is 0 Å². The summed E-state index contributed by atoms with van der Waals surface area (Å²) in [7, 11) is 0. The van der Waals surface area contributed by atoms with Crippen LogP contribution >= 0.6 is 0 Å². The summed E-state index contributed by atoms with van der Waals surface area (Å²) in [6, 6.07) is 0. The Hall–Kier alpha value is -0.370. The third kappa shape index (κ3) is 4.33. The number of aldehydes is 1. The molecule has 0 spiro atoms. The van der Waals surface area contributed by atoms with Crippen molar-refractivity contribution < 1.29 is 9.53 Å². The van der Waals surface area contributed by atoms with Gasteiger partial charge in [0, 0.05) is 13.0 Å². The fraction of sp³-hybridized carbons (Fsp3) is 0.923. The van der Waals surface area contributed by atoms with Crippen LogP contribution in [0, 0.1) is 0 Å². The molecule has 0 aromatic heterocycles. The first-order valence-corrected chi connectivity index (χ1v) is 6.40. The highest BCUT2D eigenvalue weighted by atomic mass is 16.5. The van der Waals surface area contributed by atoms with Crippen LogP contribution in [-0.2, 0) is 9.53 Å². The van der Waals surface area contributed by atoms with E-state index >= 15 is 0 Å². The van der Waals surface area contributed by atoms with Crippen LogP contribution in [0.2, 0.25) is 0 Å². The number of hydrogen-bond acceptors (Lipinski definition) is 2. The number of ether oxygens (including phenoxy) is 1. The average molecular weight is 212 g/mol. The SMILES string of the molecule is CCCCOC1(CCC=O)CCCCC1. The van der Waals surface area contributed by atoms with Crippen LogP contribution in [-0.4, -0.2) is 18.5 Å². The first-order valence-electron chi connectivity index (χ1n) is 6.40. The van der Waals surface area contributed by atoms with Gasteiger partial charge in [-0.25, -0.2) is 0 Å². The number of unbranched alkanes of at least 4 members (excludes halogenated alkanes) is 1. The van der Waals surface area contributed by atoms with Gasteiger partial charge in [0.2, 0.25) is 0 Å². The molecule has 1 rings (SSSR count). The Labute approximate surface area is 93.4 Å². The fourth-order valence-electron chi connectivity index (χ4n) is 2.42. The van der Waals surface area contributed by atoms with Crippen molar-refractivity contribution in [3.8, 4) is 0 Å². The summed E-state index contributed by atoms with van der Waals surface area (Å²) < 4.78 is 6.05. The van der Waals surface area contributed by atoms with E-state index in [0.717, 1.165) is 38.6 Å². The number of carbonyl (C=O) groups is 1. The Kier molecular flexibility index (Phi) is 5.92. The maximum Gasteiger partial charge on any atom is 0.120 e. The Bertz CT molecular complexity index is 171. The summed E-state index contributed by atoms with van der Waals surface area (Å²) >= 11 is 0. The summed E-state index contributed by atoms with van der Waals surface area (Å²) in [5.74, 6) is 0. The van der Waals surface area contributed by atoms with E-state index < -0.39 is 0 Å². The van der Waals surface area contributed by atoms with Crippen molar-refractivity contribution in [2.45, 2.75) is 70.3 Å². The van der Waals surface area contributed by atoms with Gasteiger partial charge in [0.1, 0.15) is 6.29 Å². The lowest BCUT2D eigenvalue weighted by Gasteiger charge is -2.37. The van der Waals surface area contributed by atoms with Crippen molar-refractivity contribution >= 4 is 6.29 Å². The molecule has 2 heteroatoms. The normalized spacial score (nSPS) is 20.1. The van der Waals surface area contributed by atoms with Crippen molar-refractivity contribution in [3.63, 3.8) is 0 Å². The highest BCUT2D eigenvalue weighted by Gasteiger charge is 2.31. The standard InChI is InChI=1S/C13H24O2/c1-2-3-12-15-13(10-7-11-14)8-5-4-6-9-13/h11H,2-10,12H2,1H3. The van der Waals surface area contributed by atoms with Crippen molar-refractivity contribution in [1.29, 1.82) is 0 Å². The highest BCUT2D eigenvalue weighted by Crippen LogP contribution is 2.35. The van der Waals surface area contributed by atoms with Crippen molar-refractivity contribution in [2.75, 3.05) is 6.61 Å². The van der Waals surface area contributed by atoms with E-state index in [4.69, 9.17) is 4.74 Å². The summed E-state index contributed by atoms with van der Waals surface area (Å²) in [6.45, 7) is 3.05. The van der Waals surface area contributed by atoms with Crippen molar-refractivity contribution in [2.24, 2.45) is 0 Å². The Balaban J connectivity index is 2.38. The molecule has 0 unspecified atom stereocenters. The lowest BCUT2D eigenvalue weighted by Crippen LogP contribution is -2.35. The molecule has 0 saturated heterocycles. The first-order chi connectivity index (χ1) is 7.33. The van der Waals surface area contributed by atoms with Crippen LogP contribution in [0.4, 0.5) is 0 Å². The molecule has 0 aromatic carbocycles. The van der Waals surface area contributed by atoms with Gasteiger partial charge >= 0.3 is 0 Å². The zero-order valence-electron chi connectivity index (χ0n) is 9.96. The molecule has 1 saturated carbocycles. The van der Waals surface area contributed by atoms with Crippen LogP contribution in [0.15, 0.2) is 0 Å². The lowest BCUT2D eigenvalue weighted by atomic mass is 9.81. The molecule has 15 heavy (non-hydrogen) atoms. The molecule has 0 amide bonds. The molecule has 0 atom stereocenters. The maximum atomic E-state index is 10.5. The molecule has 88 valence electrons. The third-order valence-electron chi connectivity index (χ3n) is 3.39. The first kappa shape index (κ1) is 12.7. The van der Waals surface area contributed by atoms with Crippen molar-refractivity contribution in [1.82, 2.24) is 0 Å². The van der Waals surface area contributed by atoms with Gasteiger partial charge in [0.25, 0.3) is 0 Å². The zero-order chi connectivity index (χ0) is 11.0. The minimum Gasteiger partial charge on any atom is -0.375 e. The molecule has 0 bridgehead atoms. The van der Waals surface area contributed by atoms with Gasteiger partial charge < -0.3 is 9.53 Å². The monoisotopic (exact) mass is 212 g/mol. The molecule has 0 N–H and O–H groups in total. The van der Waals surface area contributed by atoms with E-state index in [9.17, 15) is 4.79 Å². The van der Waals surface area contributed by atoms with E-state index in [1.165, 1.54) is 25.7 Å². The van der Waals surface area contributed by atoms with Gasteiger partial charge in [-0.1, -0.05) is 32.6 Å². The second kappa shape index (κ2) is 7.00. The predicted octanol–water partition coefficient (Wildman–Crippen LogP) is 3.49. The topological polar surface area (TPSA) is 26.3 Å².